The quantitative estimate of drug-likeness (QED) is 0.911. The van der Waals surface area contributed by atoms with Crippen LogP contribution in [0.3, 0.4) is 0 Å². The topological polar surface area (TPSA) is 74.8 Å². The first-order valence-electron chi connectivity index (χ1n) is 6.11. The van der Waals surface area contributed by atoms with Gasteiger partial charge in [0, 0.05) is 11.1 Å². The number of benzene rings is 1. The van der Waals surface area contributed by atoms with Gasteiger partial charge in [-0.1, -0.05) is 29.8 Å². The van der Waals surface area contributed by atoms with Crippen molar-refractivity contribution in [1.29, 1.82) is 0 Å². The number of hydrogen-bond donors (Lipinski definition) is 2. The SMILES string of the molecule is Cc1n[nH]c(C)c1S(=O)(=O)NC(C)c1ccccc1Cl. The first kappa shape index (κ1) is 15.0. The molecule has 2 rings (SSSR count). The van der Waals surface area contributed by atoms with E-state index in [-0.39, 0.29) is 4.90 Å². The van der Waals surface area contributed by atoms with Gasteiger partial charge in [-0.3, -0.25) is 5.10 Å². The number of aryl methyl sites for hydroxylation is 2. The van der Waals surface area contributed by atoms with Crippen LogP contribution in [0.5, 0.6) is 0 Å². The summed E-state index contributed by atoms with van der Waals surface area (Å²) < 4.78 is 27.5. The third-order valence-electron chi connectivity index (χ3n) is 3.03. The maximum Gasteiger partial charge on any atom is 0.244 e. The predicted octanol–water partition coefficient (Wildman–Crippen LogP) is 2.72. The Morgan fingerprint density at radius 3 is 2.50 bits per heavy atom. The maximum atomic E-state index is 12.4. The van der Waals surface area contributed by atoms with Crippen molar-refractivity contribution >= 4 is 21.6 Å². The summed E-state index contributed by atoms with van der Waals surface area (Å²) in [6, 6.07) is 6.72. The van der Waals surface area contributed by atoms with Crippen molar-refractivity contribution in [2.45, 2.75) is 31.7 Å². The van der Waals surface area contributed by atoms with Gasteiger partial charge in [-0.15, -0.1) is 0 Å². The molecule has 1 atom stereocenters. The Morgan fingerprint density at radius 1 is 1.30 bits per heavy atom. The number of aromatic nitrogens is 2. The lowest BCUT2D eigenvalue weighted by molar-refractivity contribution is 0.566. The third-order valence-corrected chi connectivity index (χ3v) is 5.18. The molecule has 108 valence electrons. The van der Waals surface area contributed by atoms with Gasteiger partial charge in [-0.05, 0) is 32.4 Å². The van der Waals surface area contributed by atoms with Crippen LogP contribution in [0.4, 0.5) is 0 Å². The summed E-state index contributed by atoms with van der Waals surface area (Å²) in [5.74, 6) is 0. The number of halogens is 1. The Kier molecular flexibility index (Phi) is 4.17. The zero-order valence-corrected chi connectivity index (χ0v) is 13.0. The second kappa shape index (κ2) is 5.55. The first-order chi connectivity index (χ1) is 9.33. The molecule has 0 saturated carbocycles. The molecule has 2 N–H and O–H groups in total. The van der Waals surface area contributed by atoms with Crippen molar-refractivity contribution in [2.75, 3.05) is 0 Å². The van der Waals surface area contributed by atoms with Gasteiger partial charge in [0.05, 0.1) is 11.4 Å². The average Bonchev–Trinajstić information content (AvgIpc) is 2.69. The lowest BCUT2D eigenvalue weighted by Gasteiger charge is -2.16. The lowest BCUT2D eigenvalue weighted by Crippen LogP contribution is -2.27. The van der Waals surface area contributed by atoms with Crippen LogP contribution in [0.25, 0.3) is 0 Å². The van der Waals surface area contributed by atoms with Gasteiger partial charge in [-0.2, -0.15) is 5.10 Å². The van der Waals surface area contributed by atoms with Gasteiger partial charge in [0.1, 0.15) is 4.90 Å². The fourth-order valence-electron chi connectivity index (χ4n) is 2.12. The summed E-state index contributed by atoms with van der Waals surface area (Å²) in [6.45, 7) is 5.08. The Labute approximate surface area is 123 Å². The van der Waals surface area contributed by atoms with E-state index >= 15 is 0 Å². The Bertz CT molecular complexity index is 705. The molecule has 1 heterocycles. The standard InChI is InChI=1S/C13H16ClN3O2S/c1-8(11-6-4-5-7-12(11)14)17-20(18,19)13-9(2)15-16-10(13)3/h4-8,17H,1-3H3,(H,15,16). The smallest absolute Gasteiger partial charge is 0.244 e. The lowest BCUT2D eigenvalue weighted by atomic mass is 10.1. The Morgan fingerprint density at radius 2 is 1.95 bits per heavy atom. The zero-order chi connectivity index (χ0) is 14.9. The monoisotopic (exact) mass is 313 g/mol. The summed E-state index contributed by atoms with van der Waals surface area (Å²) in [7, 11) is -3.64. The van der Waals surface area contributed by atoms with Crippen LogP contribution in [-0.2, 0) is 10.0 Å². The minimum Gasteiger partial charge on any atom is -0.281 e. The van der Waals surface area contributed by atoms with E-state index in [1.54, 1.807) is 39.0 Å². The second-order valence-corrected chi connectivity index (χ2v) is 6.69. The van der Waals surface area contributed by atoms with E-state index in [1.165, 1.54) is 0 Å². The molecule has 7 heteroatoms. The van der Waals surface area contributed by atoms with E-state index < -0.39 is 16.1 Å². The van der Waals surface area contributed by atoms with Gasteiger partial charge in [0.25, 0.3) is 0 Å². The Balaban J connectivity index is 2.32. The third kappa shape index (κ3) is 2.87. The molecule has 2 aromatic rings. The molecular formula is C13H16ClN3O2S. The van der Waals surface area contributed by atoms with E-state index in [4.69, 9.17) is 11.6 Å². The molecule has 1 aromatic carbocycles. The van der Waals surface area contributed by atoms with E-state index in [9.17, 15) is 8.42 Å². The number of hydrogen-bond acceptors (Lipinski definition) is 3. The molecule has 0 aliphatic rings. The normalized spacial score (nSPS) is 13.4. The average molecular weight is 314 g/mol. The molecule has 5 nitrogen and oxygen atoms in total. The van der Waals surface area contributed by atoms with E-state index in [0.29, 0.717) is 16.4 Å². The van der Waals surface area contributed by atoms with Gasteiger partial charge < -0.3 is 0 Å². The Hall–Kier alpha value is -1.37. The fraction of sp³-hybridized carbons (Fsp3) is 0.308. The molecule has 1 unspecified atom stereocenters. The molecule has 0 bridgehead atoms. The minimum absolute atomic E-state index is 0.191. The molecule has 0 aliphatic carbocycles. The summed E-state index contributed by atoms with van der Waals surface area (Å²) in [4.78, 5) is 0.191. The number of nitrogens with one attached hydrogen (secondary N) is 2. The van der Waals surface area contributed by atoms with Gasteiger partial charge in [0.15, 0.2) is 0 Å². The summed E-state index contributed by atoms with van der Waals surface area (Å²) >= 11 is 6.08. The van der Waals surface area contributed by atoms with Crippen molar-refractivity contribution in [3.05, 3.63) is 46.2 Å². The zero-order valence-electron chi connectivity index (χ0n) is 11.4. The van der Waals surface area contributed by atoms with Crippen molar-refractivity contribution in [3.8, 4) is 0 Å². The number of aromatic amines is 1. The summed E-state index contributed by atoms with van der Waals surface area (Å²) in [5.41, 5.74) is 1.69. The molecule has 0 radical (unpaired) electrons. The minimum atomic E-state index is -3.64. The van der Waals surface area contributed by atoms with Crippen molar-refractivity contribution in [2.24, 2.45) is 0 Å². The van der Waals surface area contributed by atoms with E-state index in [2.05, 4.69) is 14.9 Å². The largest absolute Gasteiger partial charge is 0.281 e. The highest BCUT2D eigenvalue weighted by Gasteiger charge is 2.25. The highest BCUT2D eigenvalue weighted by Crippen LogP contribution is 2.25. The predicted molar refractivity (Wildman–Crippen MR) is 78.3 cm³/mol. The fourth-order valence-corrected chi connectivity index (χ4v) is 4.01. The maximum absolute atomic E-state index is 12.4. The molecule has 0 aliphatic heterocycles. The van der Waals surface area contributed by atoms with Crippen LogP contribution in [-0.4, -0.2) is 18.6 Å². The van der Waals surface area contributed by atoms with Crippen LogP contribution < -0.4 is 4.72 Å². The molecule has 0 amide bonds. The first-order valence-corrected chi connectivity index (χ1v) is 7.97. The second-order valence-electron chi connectivity index (χ2n) is 4.63. The van der Waals surface area contributed by atoms with Crippen LogP contribution in [0, 0.1) is 13.8 Å². The van der Waals surface area contributed by atoms with Gasteiger partial charge in [-0.25, -0.2) is 13.1 Å². The van der Waals surface area contributed by atoms with Crippen LogP contribution >= 0.6 is 11.6 Å². The van der Waals surface area contributed by atoms with Crippen LogP contribution in [0.1, 0.15) is 29.9 Å². The molecule has 20 heavy (non-hydrogen) atoms. The van der Waals surface area contributed by atoms with Crippen LogP contribution in [0.15, 0.2) is 29.2 Å². The van der Waals surface area contributed by atoms with Crippen molar-refractivity contribution < 1.29 is 8.42 Å². The molecular weight excluding hydrogens is 298 g/mol. The highest BCUT2D eigenvalue weighted by molar-refractivity contribution is 7.89. The molecule has 0 fully saturated rings. The molecule has 0 saturated heterocycles. The van der Waals surface area contributed by atoms with E-state index in [0.717, 1.165) is 5.56 Å². The number of sulfonamides is 1. The summed E-state index contributed by atoms with van der Waals surface area (Å²) in [5, 5.41) is 7.11. The molecule has 0 spiro atoms. The number of H-pyrrole nitrogens is 1. The molecule has 1 aromatic heterocycles. The highest BCUT2D eigenvalue weighted by atomic mass is 35.5. The number of rotatable bonds is 4. The van der Waals surface area contributed by atoms with Gasteiger partial charge in [0.2, 0.25) is 10.0 Å². The van der Waals surface area contributed by atoms with E-state index in [1.807, 2.05) is 6.07 Å². The van der Waals surface area contributed by atoms with Crippen LogP contribution in [0.2, 0.25) is 5.02 Å². The van der Waals surface area contributed by atoms with Gasteiger partial charge >= 0.3 is 0 Å². The number of nitrogens with zero attached hydrogens (tertiary/aromatic N) is 1. The van der Waals surface area contributed by atoms with Crippen molar-refractivity contribution in [3.63, 3.8) is 0 Å². The summed E-state index contributed by atoms with van der Waals surface area (Å²) in [6.07, 6.45) is 0. The van der Waals surface area contributed by atoms with Crippen molar-refractivity contribution in [1.82, 2.24) is 14.9 Å².